The number of benzene rings is 1. The smallest absolute Gasteiger partial charge is 0.252 e. The summed E-state index contributed by atoms with van der Waals surface area (Å²) in [6.07, 6.45) is 4.75. The van der Waals surface area contributed by atoms with Crippen LogP contribution in [0.4, 0.5) is 5.82 Å². The molecule has 2 aromatic heterocycles. The third-order valence-corrected chi connectivity index (χ3v) is 3.80. The van der Waals surface area contributed by atoms with Crippen LogP contribution in [0.1, 0.15) is 35.8 Å². The first kappa shape index (κ1) is 16.6. The summed E-state index contributed by atoms with van der Waals surface area (Å²) < 4.78 is 1.71. The Bertz CT molecular complexity index is 812. The van der Waals surface area contributed by atoms with E-state index in [2.05, 4.69) is 32.6 Å². The van der Waals surface area contributed by atoms with Gasteiger partial charge in [0.2, 0.25) is 0 Å². The number of amides is 1. The van der Waals surface area contributed by atoms with E-state index in [-0.39, 0.29) is 11.9 Å². The van der Waals surface area contributed by atoms with E-state index in [0.29, 0.717) is 12.1 Å². The normalized spacial score (nSPS) is 11.8. The van der Waals surface area contributed by atoms with Crippen LogP contribution >= 0.6 is 0 Å². The number of hydrogen-bond acceptors (Lipinski definition) is 5. The largest absolute Gasteiger partial charge is 0.364 e. The predicted octanol–water partition coefficient (Wildman–Crippen LogP) is 2.59. The van der Waals surface area contributed by atoms with Gasteiger partial charge >= 0.3 is 0 Å². The molecular formula is C18H20N6O. The van der Waals surface area contributed by atoms with Crippen LogP contribution in [-0.2, 0) is 0 Å². The zero-order chi connectivity index (χ0) is 17.6. The molecule has 0 radical (unpaired) electrons. The summed E-state index contributed by atoms with van der Waals surface area (Å²) in [5.41, 5.74) is 2.63. The van der Waals surface area contributed by atoms with Crippen LogP contribution in [0, 0.1) is 0 Å². The van der Waals surface area contributed by atoms with Gasteiger partial charge in [0.25, 0.3) is 5.91 Å². The van der Waals surface area contributed by atoms with Gasteiger partial charge in [0.15, 0.2) is 0 Å². The first-order valence-electron chi connectivity index (χ1n) is 8.13. The fourth-order valence-corrected chi connectivity index (χ4v) is 2.44. The molecule has 0 saturated carbocycles. The van der Waals surface area contributed by atoms with Gasteiger partial charge in [0, 0.05) is 18.8 Å². The number of anilines is 1. The molecule has 0 spiro atoms. The van der Waals surface area contributed by atoms with E-state index < -0.39 is 0 Å². The SMILES string of the molecule is CCNC(=O)c1ccc(NC(C)c2ccc(-n3cncn3)cc2)nc1. The summed E-state index contributed by atoms with van der Waals surface area (Å²) in [7, 11) is 0. The number of hydrogen-bond donors (Lipinski definition) is 2. The Hall–Kier alpha value is -3.22. The van der Waals surface area contributed by atoms with E-state index in [1.54, 1.807) is 23.3 Å². The maximum atomic E-state index is 11.7. The molecule has 0 aliphatic heterocycles. The van der Waals surface area contributed by atoms with Crippen molar-refractivity contribution in [3.8, 4) is 5.69 Å². The van der Waals surface area contributed by atoms with Crippen molar-refractivity contribution < 1.29 is 4.79 Å². The second-order valence-corrected chi connectivity index (χ2v) is 5.59. The van der Waals surface area contributed by atoms with Gasteiger partial charge in [-0.1, -0.05) is 12.1 Å². The third-order valence-electron chi connectivity index (χ3n) is 3.80. The molecule has 7 nitrogen and oxygen atoms in total. The minimum Gasteiger partial charge on any atom is -0.364 e. The Morgan fingerprint density at radius 2 is 2.00 bits per heavy atom. The number of carbonyl (C=O) groups excluding carboxylic acids is 1. The molecule has 0 fully saturated rings. The lowest BCUT2D eigenvalue weighted by atomic mass is 10.1. The van der Waals surface area contributed by atoms with Crippen LogP contribution in [0.5, 0.6) is 0 Å². The molecule has 25 heavy (non-hydrogen) atoms. The first-order chi connectivity index (χ1) is 12.2. The Balaban J connectivity index is 1.65. The van der Waals surface area contributed by atoms with E-state index in [9.17, 15) is 4.79 Å². The summed E-state index contributed by atoms with van der Waals surface area (Å²) in [6, 6.07) is 11.7. The Morgan fingerprint density at radius 1 is 1.20 bits per heavy atom. The van der Waals surface area contributed by atoms with Crippen molar-refractivity contribution in [2.75, 3.05) is 11.9 Å². The van der Waals surface area contributed by atoms with Gasteiger partial charge < -0.3 is 10.6 Å². The second-order valence-electron chi connectivity index (χ2n) is 5.59. The van der Waals surface area contributed by atoms with Crippen LogP contribution in [-0.4, -0.2) is 32.2 Å². The second kappa shape index (κ2) is 7.57. The average Bonchev–Trinajstić information content (AvgIpc) is 3.17. The van der Waals surface area contributed by atoms with Gasteiger partial charge in [-0.3, -0.25) is 4.79 Å². The Morgan fingerprint density at radius 3 is 2.60 bits per heavy atom. The number of nitrogens with zero attached hydrogens (tertiary/aromatic N) is 4. The van der Waals surface area contributed by atoms with Crippen LogP contribution < -0.4 is 10.6 Å². The summed E-state index contributed by atoms with van der Waals surface area (Å²) in [5.74, 6) is 0.610. The number of pyridine rings is 1. The number of nitrogens with one attached hydrogen (secondary N) is 2. The molecule has 0 aliphatic carbocycles. The quantitative estimate of drug-likeness (QED) is 0.723. The Kier molecular flexibility index (Phi) is 5.03. The standard InChI is InChI=1S/C18H20N6O/c1-3-20-18(25)15-6-9-17(21-10-15)23-13(2)14-4-7-16(8-5-14)24-12-19-11-22-24/h4-13H,3H2,1-2H3,(H,20,25)(H,21,23). The topological polar surface area (TPSA) is 84.7 Å². The highest BCUT2D eigenvalue weighted by Crippen LogP contribution is 2.19. The maximum absolute atomic E-state index is 11.7. The molecule has 1 atom stereocenters. The number of aromatic nitrogens is 4. The fourth-order valence-electron chi connectivity index (χ4n) is 2.44. The van der Waals surface area contributed by atoms with E-state index in [4.69, 9.17) is 0 Å². The molecule has 0 bridgehead atoms. The zero-order valence-electron chi connectivity index (χ0n) is 14.2. The average molecular weight is 336 g/mol. The van der Waals surface area contributed by atoms with Crippen molar-refractivity contribution in [2.24, 2.45) is 0 Å². The van der Waals surface area contributed by atoms with Crippen LogP contribution in [0.25, 0.3) is 5.69 Å². The van der Waals surface area contributed by atoms with Crippen molar-refractivity contribution in [1.82, 2.24) is 25.1 Å². The highest BCUT2D eigenvalue weighted by Gasteiger charge is 2.08. The van der Waals surface area contributed by atoms with Gasteiger partial charge in [0.05, 0.1) is 11.3 Å². The lowest BCUT2D eigenvalue weighted by Gasteiger charge is -2.15. The van der Waals surface area contributed by atoms with Crippen molar-refractivity contribution >= 4 is 11.7 Å². The van der Waals surface area contributed by atoms with Gasteiger partial charge in [-0.2, -0.15) is 5.10 Å². The van der Waals surface area contributed by atoms with Crippen LogP contribution in [0.15, 0.2) is 55.2 Å². The van der Waals surface area contributed by atoms with E-state index in [1.807, 2.05) is 37.3 Å². The molecule has 0 aliphatic rings. The van der Waals surface area contributed by atoms with Gasteiger partial charge in [0.1, 0.15) is 18.5 Å². The van der Waals surface area contributed by atoms with Gasteiger partial charge in [-0.05, 0) is 43.7 Å². The molecule has 2 N–H and O–H groups in total. The van der Waals surface area contributed by atoms with Crippen molar-refractivity contribution in [3.05, 3.63) is 66.4 Å². The molecule has 0 saturated heterocycles. The van der Waals surface area contributed by atoms with E-state index >= 15 is 0 Å². The predicted molar refractivity (Wildman–Crippen MR) is 95.6 cm³/mol. The van der Waals surface area contributed by atoms with E-state index in [0.717, 1.165) is 17.1 Å². The highest BCUT2D eigenvalue weighted by molar-refractivity contribution is 5.93. The summed E-state index contributed by atoms with van der Waals surface area (Å²) in [5, 5.41) is 10.2. The van der Waals surface area contributed by atoms with Gasteiger partial charge in [-0.15, -0.1) is 0 Å². The molecule has 1 amide bonds. The lowest BCUT2D eigenvalue weighted by molar-refractivity contribution is 0.0955. The molecule has 3 rings (SSSR count). The monoisotopic (exact) mass is 336 g/mol. The molecule has 128 valence electrons. The van der Waals surface area contributed by atoms with Crippen molar-refractivity contribution in [3.63, 3.8) is 0 Å². The first-order valence-corrected chi connectivity index (χ1v) is 8.13. The zero-order valence-corrected chi connectivity index (χ0v) is 14.2. The maximum Gasteiger partial charge on any atom is 0.252 e. The van der Waals surface area contributed by atoms with Crippen LogP contribution in [0.2, 0.25) is 0 Å². The number of carbonyl (C=O) groups is 1. The summed E-state index contributed by atoms with van der Waals surface area (Å²) >= 11 is 0. The molecule has 1 unspecified atom stereocenters. The molecule has 7 heteroatoms. The summed E-state index contributed by atoms with van der Waals surface area (Å²) in [4.78, 5) is 20.0. The molecule has 1 aromatic carbocycles. The minimum absolute atomic E-state index is 0.0765. The molecular weight excluding hydrogens is 316 g/mol. The van der Waals surface area contributed by atoms with Crippen molar-refractivity contribution in [1.29, 1.82) is 0 Å². The van der Waals surface area contributed by atoms with Gasteiger partial charge in [-0.25, -0.2) is 14.6 Å². The molecule has 3 aromatic rings. The minimum atomic E-state index is -0.113. The fraction of sp³-hybridized carbons (Fsp3) is 0.222. The van der Waals surface area contributed by atoms with Crippen LogP contribution in [0.3, 0.4) is 0 Å². The lowest BCUT2D eigenvalue weighted by Crippen LogP contribution is -2.22. The van der Waals surface area contributed by atoms with E-state index in [1.165, 1.54) is 6.33 Å². The summed E-state index contributed by atoms with van der Waals surface area (Å²) in [6.45, 7) is 4.54. The van der Waals surface area contributed by atoms with Crippen molar-refractivity contribution in [2.45, 2.75) is 19.9 Å². The number of rotatable bonds is 6. The molecule has 2 heterocycles. The Labute approximate surface area is 146 Å². The third kappa shape index (κ3) is 4.00. The highest BCUT2D eigenvalue weighted by atomic mass is 16.1.